The number of aliphatic hydroxyl groups excluding tert-OH is 2. The lowest BCUT2D eigenvalue weighted by Crippen LogP contribution is -2.34. The molecule has 0 fully saturated rings. The zero-order valence-electron chi connectivity index (χ0n) is 8.10. The molecule has 0 aliphatic heterocycles. The maximum absolute atomic E-state index is 9.54. The van der Waals surface area contributed by atoms with Crippen LogP contribution in [-0.4, -0.2) is 29.5 Å². The van der Waals surface area contributed by atoms with Crippen molar-refractivity contribution in [3.63, 3.8) is 0 Å². The van der Waals surface area contributed by atoms with Crippen LogP contribution in [0.25, 0.3) is 0 Å². The normalized spacial score (nSPS) is 25.6. The molecule has 0 amide bonds. The Morgan fingerprint density at radius 2 is 1.93 bits per heavy atom. The number of benzene rings is 1. The van der Waals surface area contributed by atoms with Gasteiger partial charge in [-0.25, -0.2) is 0 Å². The molecule has 1 aromatic rings. The van der Waals surface area contributed by atoms with Crippen LogP contribution in [0.4, 0.5) is 0 Å². The molecule has 0 aromatic heterocycles. The highest BCUT2D eigenvalue weighted by Gasteiger charge is 2.26. The van der Waals surface area contributed by atoms with Gasteiger partial charge < -0.3 is 14.9 Å². The molecule has 2 unspecified atom stereocenters. The number of rotatable bonds is 1. The summed E-state index contributed by atoms with van der Waals surface area (Å²) in [7, 11) is 1.62. The topological polar surface area (TPSA) is 49.7 Å². The molecule has 1 aliphatic carbocycles. The van der Waals surface area contributed by atoms with E-state index in [9.17, 15) is 10.2 Å². The second-order valence-electron chi connectivity index (χ2n) is 3.64. The smallest absolute Gasteiger partial charge is 0.122 e. The molecule has 2 atom stereocenters. The fourth-order valence-electron chi connectivity index (χ4n) is 1.93. The van der Waals surface area contributed by atoms with Gasteiger partial charge in [0.2, 0.25) is 0 Å². The van der Waals surface area contributed by atoms with Crippen LogP contribution in [0.15, 0.2) is 18.2 Å². The fourth-order valence-corrected chi connectivity index (χ4v) is 1.93. The Bertz CT molecular complexity index is 335. The predicted octanol–water partition coefficient (Wildman–Crippen LogP) is 0.516. The van der Waals surface area contributed by atoms with Gasteiger partial charge in [-0.05, 0) is 11.6 Å². The highest BCUT2D eigenvalue weighted by Crippen LogP contribution is 2.29. The van der Waals surface area contributed by atoms with Crippen molar-refractivity contribution in [3.05, 3.63) is 29.3 Å². The van der Waals surface area contributed by atoms with E-state index in [4.69, 9.17) is 4.74 Å². The first-order valence-corrected chi connectivity index (χ1v) is 4.73. The van der Waals surface area contributed by atoms with Crippen molar-refractivity contribution in [2.24, 2.45) is 0 Å². The van der Waals surface area contributed by atoms with Crippen molar-refractivity contribution >= 4 is 0 Å². The van der Waals surface area contributed by atoms with Crippen LogP contribution in [0.3, 0.4) is 0 Å². The minimum absolute atomic E-state index is 0.473. The lowest BCUT2D eigenvalue weighted by molar-refractivity contribution is 0.0137. The predicted molar refractivity (Wildman–Crippen MR) is 52.4 cm³/mol. The van der Waals surface area contributed by atoms with Gasteiger partial charge in [0.05, 0.1) is 19.3 Å². The van der Waals surface area contributed by atoms with E-state index in [-0.39, 0.29) is 0 Å². The lowest BCUT2D eigenvalue weighted by atomic mass is 9.87. The highest BCUT2D eigenvalue weighted by molar-refractivity contribution is 5.42. The van der Waals surface area contributed by atoms with Crippen LogP contribution >= 0.6 is 0 Å². The maximum Gasteiger partial charge on any atom is 0.122 e. The summed E-state index contributed by atoms with van der Waals surface area (Å²) in [5, 5.41) is 19.0. The van der Waals surface area contributed by atoms with Crippen LogP contribution in [0.1, 0.15) is 11.1 Å². The van der Waals surface area contributed by atoms with E-state index in [1.807, 2.05) is 18.2 Å². The van der Waals surface area contributed by atoms with Gasteiger partial charge in [-0.2, -0.15) is 0 Å². The van der Waals surface area contributed by atoms with E-state index in [0.717, 1.165) is 16.9 Å². The van der Waals surface area contributed by atoms with E-state index >= 15 is 0 Å². The first kappa shape index (κ1) is 9.49. The summed E-state index contributed by atoms with van der Waals surface area (Å²) in [4.78, 5) is 0. The molecule has 0 bridgehead atoms. The Kier molecular flexibility index (Phi) is 2.44. The molecule has 2 N–H and O–H groups in total. The Morgan fingerprint density at radius 3 is 2.64 bits per heavy atom. The average Bonchev–Trinajstić information content (AvgIpc) is 2.19. The van der Waals surface area contributed by atoms with E-state index in [2.05, 4.69) is 0 Å². The monoisotopic (exact) mass is 194 g/mol. The van der Waals surface area contributed by atoms with Crippen molar-refractivity contribution in [2.75, 3.05) is 7.11 Å². The van der Waals surface area contributed by atoms with Crippen molar-refractivity contribution < 1.29 is 14.9 Å². The van der Waals surface area contributed by atoms with Crippen LogP contribution in [0.5, 0.6) is 5.75 Å². The third-order valence-electron chi connectivity index (χ3n) is 2.74. The molecule has 1 aromatic carbocycles. The van der Waals surface area contributed by atoms with Gasteiger partial charge in [-0.3, -0.25) is 0 Å². The molecule has 0 saturated heterocycles. The Balaban J connectivity index is 2.41. The number of hydrogen-bond donors (Lipinski definition) is 2. The fraction of sp³-hybridized carbons (Fsp3) is 0.455. The SMILES string of the molecule is COc1cccc2c1CC(O)C(O)C2. The van der Waals surface area contributed by atoms with Crippen molar-refractivity contribution in [3.8, 4) is 5.75 Å². The Hall–Kier alpha value is -1.06. The molecule has 2 rings (SSSR count). The molecule has 14 heavy (non-hydrogen) atoms. The van der Waals surface area contributed by atoms with E-state index in [1.54, 1.807) is 7.11 Å². The van der Waals surface area contributed by atoms with Crippen LogP contribution in [0.2, 0.25) is 0 Å². The summed E-state index contributed by atoms with van der Waals surface area (Å²) in [5.41, 5.74) is 2.09. The first-order chi connectivity index (χ1) is 6.72. The number of aliphatic hydroxyl groups is 2. The molecule has 0 radical (unpaired) electrons. The maximum atomic E-state index is 9.54. The van der Waals surface area contributed by atoms with Gasteiger partial charge >= 0.3 is 0 Å². The summed E-state index contributed by atoms with van der Waals surface area (Å²) < 4.78 is 5.20. The van der Waals surface area contributed by atoms with Crippen LogP contribution < -0.4 is 4.74 Å². The summed E-state index contributed by atoms with van der Waals surface area (Å²) >= 11 is 0. The summed E-state index contributed by atoms with van der Waals surface area (Å²) in [6, 6.07) is 5.75. The second-order valence-corrected chi connectivity index (χ2v) is 3.64. The molecular formula is C11H14O3. The highest BCUT2D eigenvalue weighted by atomic mass is 16.5. The van der Waals surface area contributed by atoms with E-state index in [0.29, 0.717) is 12.8 Å². The third-order valence-corrected chi connectivity index (χ3v) is 2.74. The number of fused-ring (bicyclic) bond motifs is 1. The lowest BCUT2D eigenvalue weighted by Gasteiger charge is -2.26. The molecular weight excluding hydrogens is 180 g/mol. The molecule has 0 saturated carbocycles. The first-order valence-electron chi connectivity index (χ1n) is 4.73. The summed E-state index contributed by atoms with van der Waals surface area (Å²) in [6.45, 7) is 0. The molecule has 1 aliphatic rings. The van der Waals surface area contributed by atoms with Crippen LogP contribution in [0, 0.1) is 0 Å². The minimum Gasteiger partial charge on any atom is -0.496 e. The molecule has 3 nitrogen and oxygen atoms in total. The second kappa shape index (κ2) is 3.59. The number of methoxy groups -OCH3 is 1. The number of ether oxygens (including phenoxy) is 1. The third kappa shape index (κ3) is 1.49. The van der Waals surface area contributed by atoms with Gasteiger partial charge in [-0.15, -0.1) is 0 Å². The molecule has 3 heteroatoms. The standard InChI is InChI=1S/C11H14O3/c1-14-11-4-2-3-7-5-9(12)10(13)6-8(7)11/h2-4,9-10,12-13H,5-6H2,1H3. The van der Waals surface area contributed by atoms with Crippen LogP contribution in [-0.2, 0) is 12.8 Å². The Morgan fingerprint density at radius 1 is 1.21 bits per heavy atom. The Labute approximate surface area is 83.0 Å². The summed E-state index contributed by atoms with van der Waals surface area (Å²) in [6.07, 6.45) is -0.331. The molecule has 76 valence electrons. The van der Waals surface area contributed by atoms with E-state index < -0.39 is 12.2 Å². The van der Waals surface area contributed by atoms with E-state index in [1.165, 1.54) is 0 Å². The largest absolute Gasteiger partial charge is 0.496 e. The van der Waals surface area contributed by atoms with Crippen molar-refractivity contribution in [1.29, 1.82) is 0 Å². The molecule has 0 spiro atoms. The summed E-state index contributed by atoms with van der Waals surface area (Å²) in [5.74, 6) is 0.799. The van der Waals surface area contributed by atoms with Gasteiger partial charge in [0, 0.05) is 18.4 Å². The van der Waals surface area contributed by atoms with Crippen molar-refractivity contribution in [2.45, 2.75) is 25.0 Å². The van der Waals surface area contributed by atoms with Gasteiger partial charge in [0.15, 0.2) is 0 Å². The zero-order valence-corrected chi connectivity index (χ0v) is 8.10. The average molecular weight is 194 g/mol. The van der Waals surface area contributed by atoms with Gasteiger partial charge in [-0.1, -0.05) is 12.1 Å². The van der Waals surface area contributed by atoms with Crippen molar-refractivity contribution in [1.82, 2.24) is 0 Å². The minimum atomic E-state index is -0.668. The van der Waals surface area contributed by atoms with Gasteiger partial charge in [0.1, 0.15) is 5.75 Å². The van der Waals surface area contributed by atoms with Gasteiger partial charge in [0.25, 0.3) is 0 Å². The number of hydrogen-bond acceptors (Lipinski definition) is 3. The zero-order chi connectivity index (χ0) is 10.1. The quantitative estimate of drug-likeness (QED) is 0.685. The molecule has 0 heterocycles.